The number of amides is 3. The van der Waals surface area contributed by atoms with Crippen molar-refractivity contribution in [1.82, 2.24) is 4.90 Å². The molecular weight excluding hydrogens is 389 g/mol. The van der Waals surface area contributed by atoms with Gasteiger partial charge in [-0.15, -0.1) is 11.8 Å². The summed E-state index contributed by atoms with van der Waals surface area (Å²) in [5.41, 5.74) is 2.95. The lowest BCUT2D eigenvalue weighted by Gasteiger charge is -2.33. The van der Waals surface area contributed by atoms with Gasteiger partial charge in [0.05, 0.1) is 5.69 Å². The second-order valence-electron chi connectivity index (χ2n) is 8.10. The molecule has 1 spiro atoms. The van der Waals surface area contributed by atoms with Gasteiger partial charge < -0.3 is 10.2 Å². The molecule has 2 aliphatic rings. The van der Waals surface area contributed by atoms with Gasteiger partial charge >= 0.3 is 6.03 Å². The zero-order valence-corrected chi connectivity index (χ0v) is 17.8. The zero-order valence-electron chi connectivity index (χ0n) is 17.0. The smallest absolute Gasteiger partial charge is 0.309 e. The minimum absolute atomic E-state index is 0.199. The fourth-order valence-corrected chi connectivity index (χ4v) is 5.84. The molecular formula is C22H24FN3O2S. The summed E-state index contributed by atoms with van der Waals surface area (Å²) < 4.78 is 13.8. The molecule has 1 N–H and O–H groups in total. The van der Waals surface area contributed by atoms with Gasteiger partial charge in [-0.1, -0.05) is 17.7 Å². The molecule has 1 fully saturated rings. The molecule has 0 aromatic heterocycles. The lowest BCUT2D eigenvalue weighted by Crippen LogP contribution is -2.51. The van der Waals surface area contributed by atoms with Gasteiger partial charge in [0.25, 0.3) is 5.91 Å². The number of nitrogens with zero attached hydrogens (tertiary/aromatic N) is 2. The molecule has 1 saturated heterocycles. The van der Waals surface area contributed by atoms with Crippen LogP contribution in [-0.4, -0.2) is 34.7 Å². The lowest BCUT2D eigenvalue weighted by molar-refractivity contribution is -0.123. The van der Waals surface area contributed by atoms with Crippen molar-refractivity contribution in [1.29, 1.82) is 0 Å². The van der Waals surface area contributed by atoms with Gasteiger partial charge in [0.2, 0.25) is 0 Å². The van der Waals surface area contributed by atoms with E-state index in [1.54, 1.807) is 15.9 Å². The van der Waals surface area contributed by atoms with Crippen LogP contribution in [-0.2, 0) is 9.67 Å². The normalized spacial score (nSPS) is 22.3. The van der Waals surface area contributed by atoms with Gasteiger partial charge in [-0.3, -0.25) is 9.69 Å². The summed E-state index contributed by atoms with van der Waals surface area (Å²) in [5, 5.41) is 2.91. The number of likely N-dealkylation sites (N-methyl/N-ethyl adjacent to an activating group) is 1. The number of fused-ring (bicyclic) bond motifs is 2. The standard InChI is InChI=1S/C22H24FN3O2S/c1-5-25-18-11-8-15(23)12-17(18)22(19(25)27)26(13-21(3,4)29-22)20(28)24-16-9-6-14(2)7-10-16/h6-12H,5,13H2,1-4H3,(H,24,28)/t22-/m0/s1. The van der Waals surface area contributed by atoms with Crippen molar-refractivity contribution in [3.63, 3.8) is 0 Å². The van der Waals surface area contributed by atoms with E-state index in [2.05, 4.69) is 5.32 Å². The van der Waals surface area contributed by atoms with Crippen molar-refractivity contribution in [3.8, 4) is 0 Å². The van der Waals surface area contributed by atoms with Crippen LogP contribution in [0.4, 0.5) is 20.6 Å². The second-order valence-corrected chi connectivity index (χ2v) is 10.00. The number of urea groups is 1. The van der Waals surface area contributed by atoms with E-state index in [1.807, 2.05) is 52.0 Å². The number of anilines is 2. The Morgan fingerprint density at radius 3 is 2.55 bits per heavy atom. The van der Waals surface area contributed by atoms with Crippen LogP contribution in [0.15, 0.2) is 42.5 Å². The summed E-state index contributed by atoms with van der Waals surface area (Å²) >= 11 is 1.41. The van der Waals surface area contributed by atoms with E-state index in [9.17, 15) is 14.0 Å². The number of thioether (sulfide) groups is 1. The number of hydrogen-bond acceptors (Lipinski definition) is 3. The van der Waals surface area contributed by atoms with Crippen molar-refractivity contribution >= 4 is 35.1 Å². The first-order valence-corrected chi connectivity index (χ1v) is 10.5. The average Bonchev–Trinajstić information content (AvgIpc) is 3.08. The predicted molar refractivity (Wildman–Crippen MR) is 115 cm³/mol. The molecule has 0 bridgehead atoms. The Hall–Kier alpha value is -2.54. The second kappa shape index (κ2) is 6.76. The van der Waals surface area contributed by atoms with Crippen LogP contribution in [0.3, 0.4) is 0 Å². The molecule has 0 aliphatic carbocycles. The third-order valence-electron chi connectivity index (χ3n) is 5.36. The maximum atomic E-state index is 14.2. The number of carbonyl (C=O) groups excluding carboxylic acids is 2. The third-order valence-corrected chi connectivity index (χ3v) is 6.95. The molecule has 0 unspecified atom stereocenters. The van der Waals surface area contributed by atoms with E-state index in [1.165, 1.54) is 23.9 Å². The van der Waals surface area contributed by atoms with E-state index in [4.69, 9.17) is 0 Å². The Labute approximate surface area is 174 Å². The van der Waals surface area contributed by atoms with Gasteiger partial charge in [-0.25, -0.2) is 9.18 Å². The summed E-state index contributed by atoms with van der Waals surface area (Å²) in [6, 6.07) is 11.5. The number of carbonyl (C=O) groups is 2. The van der Waals surface area contributed by atoms with Crippen molar-refractivity contribution in [3.05, 3.63) is 59.4 Å². The van der Waals surface area contributed by atoms with Gasteiger partial charge in [0.15, 0.2) is 4.87 Å². The molecule has 152 valence electrons. The first kappa shape index (κ1) is 19.8. The van der Waals surface area contributed by atoms with Gasteiger partial charge in [-0.2, -0.15) is 0 Å². The summed E-state index contributed by atoms with van der Waals surface area (Å²) in [7, 11) is 0. The van der Waals surface area contributed by atoms with Crippen molar-refractivity contribution in [2.75, 3.05) is 23.3 Å². The van der Waals surface area contributed by atoms with Gasteiger partial charge in [0.1, 0.15) is 5.82 Å². The maximum Gasteiger partial charge on any atom is 0.323 e. The summed E-state index contributed by atoms with van der Waals surface area (Å²) in [6.45, 7) is 8.68. The van der Waals surface area contributed by atoms with E-state index in [0.717, 1.165) is 5.56 Å². The quantitative estimate of drug-likeness (QED) is 0.776. The molecule has 2 heterocycles. The first-order chi connectivity index (χ1) is 13.7. The van der Waals surface area contributed by atoms with Crippen LogP contribution in [0.5, 0.6) is 0 Å². The number of halogens is 1. The number of benzene rings is 2. The molecule has 0 saturated carbocycles. The molecule has 3 amide bonds. The predicted octanol–water partition coefficient (Wildman–Crippen LogP) is 4.71. The Kier molecular flexibility index (Phi) is 4.61. The first-order valence-electron chi connectivity index (χ1n) is 9.65. The molecule has 0 radical (unpaired) electrons. The highest BCUT2D eigenvalue weighted by atomic mass is 32.2. The van der Waals surface area contributed by atoms with E-state index >= 15 is 0 Å². The SMILES string of the molecule is CCN1C(=O)[C@@]2(SC(C)(C)CN2C(=O)Nc2ccc(C)cc2)c2cc(F)ccc21. The highest BCUT2D eigenvalue weighted by Crippen LogP contribution is 2.59. The summed E-state index contributed by atoms with van der Waals surface area (Å²) in [5.74, 6) is -0.617. The van der Waals surface area contributed by atoms with Crippen LogP contribution in [0.1, 0.15) is 31.9 Å². The fraction of sp³-hybridized carbons (Fsp3) is 0.364. The van der Waals surface area contributed by atoms with Crippen LogP contribution >= 0.6 is 11.8 Å². The lowest BCUT2D eigenvalue weighted by atomic mass is 10.0. The largest absolute Gasteiger partial charge is 0.323 e. The van der Waals surface area contributed by atoms with Gasteiger partial charge in [-0.05, 0) is 58.0 Å². The van der Waals surface area contributed by atoms with Crippen molar-refractivity contribution in [2.24, 2.45) is 0 Å². The highest BCUT2D eigenvalue weighted by Gasteiger charge is 2.63. The third kappa shape index (κ3) is 3.08. The average molecular weight is 414 g/mol. The van der Waals surface area contributed by atoms with E-state index in [0.29, 0.717) is 30.0 Å². The number of hydrogen-bond donors (Lipinski definition) is 1. The molecule has 7 heteroatoms. The Morgan fingerprint density at radius 1 is 1.21 bits per heavy atom. The Balaban J connectivity index is 1.80. The topological polar surface area (TPSA) is 52.7 Å². The number of aryl methyl sites for hydroxylation is 1. The monoisotopic (exact) mass is 413 g/mol. The van der Waals surface area contributed by atoms with Crippen LogP contribution in [0, 0.1) is 12.7 Å². The summed E-state index contributed by atoms with van der Waals surface area (Å²) in [6.07, 6.45) is 0. The molecule has 4 rings (SSSR count). The maximum absolute atomic E-state index is 14.2. The minimum Gasteiger partial charge on any atom is -0.309 e. The van der Waals surface area contributed by atoms with Gasteiger partial charge in [0, 0.05) is 29.1 Å². The molecule has 5 nitrogen and oxygen atoms in total. The molecule has 1 atom stereocenters. The Bertz CT molecular complexity index is 992. The Morgan fingerprint density at radius 2 is 1.90 bits per heavy atom. The molecule has 2 aromatic carbocycles. The van der Waals surface area contributed by atoms with Crippen molar-refractivity contribution < 1.29 is 14.0 Å². The molecule has 2 aliphatic heterocycles. The number of nitrogens with one attached hydrogen (secondary N) is 1. The van der Waals surface area contributed by atoms with Crippen LogP contribution in [0.2, 0.25) is 0 Å². The minimum atomic E-state index is -1.27. The zero-order chi connectivity index (χ0) is 21.0. The van der Waals surface area contributed by atoms with E-state index in [-0.39, 0.29) is 16.7 Å². The van der Waals surface area contributed by atoms with E-state index < -0.39 is 10.7 Å². The highest BCUT2D eigenvalue weighted by molar-refractivity contribution is 8.02. The summed E-state index contributed by atoms with van der Waals surface area (Å²) in [4.78, 5) is 28.8. The molecule has 2 aromatic rings. The number of rotatable bonds is 2. The van der Waals surface area contributed by atoms with Crippen LogP contribution < -0.4 is 10.2 Å². The fourth-order valence-electron chi connectivity index (χ4n) is 4.12. The molecule has 29 heavy (non-hydrogen) atoms. The van der Waals surface area contributed by atoms with Crippen LogP contribution in [0.25, 0.3) is 0 Å². The van der Waals surface area contributed by atoms with Crippen molar-refractivity contribution in [2.45, 2.75) is 37.3 Å².